The summed E-state index contributed by atoms with van der Waals surface area (Å²) in [6, 6.07) is 77.4. The molecule has 9 aromatic carbocycles. The molecular formula is C70H49N5. The van der Waals surface area contributed by atoms with Crippen LogP contribution in [0.3, 0.4) is 0 Å². The Labute approximate surface area is 434 Å². The van der Waals surface area contributed by atoms with Crippen LogP contribution in [0.5, 0.6) is 0 Å². The lowest BCUT2D eigenvalue weighted by molar-refractivity contribution is 0.853. The van der Waals surface area contributed by atoms with E-state index in [-0.39, 0.29) is 5.92 Å². The second kappa shape index (κ2) is 17.6. The van der Waals surface area contributed by atoms with E-state index < -0.39 is 0 Å². The van der Waals surface area contributed by atoms with Crippen molar-refractivity contribution in [1.82, 2.24) is 23.7 Å². The summed E-state index contributed by atoms with van der Waals surface area (Å²) in [5.74, 6) is 0.819. The second-order valence-electron chi connectivity index (χ2n) is 19.9. The highest BCUT2D eigenvalue weighted by molar-refractivity contribution is 6.13. The smallest absolute Gasteiger partial charge is 0.160 e. The van der Waals surface area contributed by atoms with E-state index in [0.717, 1.165) is 92.0 Å². The predicted octanol–water partition coefficient (Wildman–Crippen LogP) is 18.1. The van der Waals surface area contributed by atoms with Crippen LogP contribution in [-0.2, 0) is 0 Å². The van der Waals surface area contributed by atoms with Crippen LogP contribution < -0.4 is 0 Å². The molecule has 1 unspecified atom stereocenters. The van der Waals surface area contributed by atoms with Crippen molar-refractivity contribution in [1.29, 1.82) is 0 Å². The van der Waals surface area contributed by atoms with E-state index in [2.05, 4.69) is 269 Å². The molecule has 0 bridgehead atoms. The first-order chi connectivity index (χ1) is 37.2. The summed E-state index contributed by atoms with van der Waals surface area (Å²) in [6.45, 7) is 0. The molecule has 0 N–H and O–H groups in total. The summed E-state index contributed by atoms with van der Waals surface area (Å²) in [5.41, 5.74) is 18.6. The molecular weight excluding hydrogens is 911 g/mol. The van der Waals surface area contributed by atoms with E-state index in [4.69, 9.17) is 9.97 Å². The van der Waals surface area contributed by atoms with Crippen LogP contribution in [0.15, 0.2) is 255 Å². The van der Waals surface area contributed by atoms with Crippen LogP contribution >= 0.6 is 0 Å². The summed E-state index contributed by atoms with van der Waals surface area (Å²) < 4.78 is 7.36. The Balaban J connectivity index is 1.03. The van der Waals surface area contributed by atoms with Crippen molar-refractivity contribution < 1.29 is 0 Å². The Bertz CT molecular complexity index is 4470. The molecule has 4 aromatic heterocycles. The van der Waals surface area contributed by atoms with Crippen molar-refractivity contribution in [2.75, 3.05) is 0 Å². The van der Waals surface area contributed by atoms with Crippen molar-refractivity contribution in [3.8, 4) is 51.0 Å². The number of rotatable bonds is 8. The molecule has 1 atom stereocenters. The maximum Gasteiger partial charge on any atom is 0.160 e. The summed E-state index contributed by atoms with van der Waals surface area (Å²) in [5, 5.41) is 7.32. The number of aromatic nitrogens is 5. The topological polar surface area (TPSA) is 40.6 Å². The number of nitrogens with zero attached hydrogens (tertiary/aromatic N) is 5. The van der Waals surface area contributed by atoms with Gasteiger partial charge in [-0.25, -0.2) is 9.97 Å². The van der Waals surface area contributed by atoms with Crippen LogP contribution in [0.4, 0.5) is 0 Å². The average molecular weight is 960 g/mol. The number of fused-ring (bicyclic) bond motifs is 9. The third kappa shape index (κ3) is 6.92. The Morgan fingerprint density at radius 1 is 0.400 bits per heavy atom. The number of hydrogen-bond acceptors (Lipinski definition) is 2. The lowest BCUT2D eigenvalue weighted by Crippen LogP contribution is -2.08. The third-order valence-corrected chi connectivity index (χ3v) is 15.6. The minimum atomic E-state index is 0.141. The lowest BCUT2D eigenvalue weighted by atomic mass is 9.86. The van der Waals surface area contributed by atoms with E-state index >= 15 is 0 Å². The molecule has 5 heteroatoms. The van der Waals surface area contributed by atoms with Crippen molar-refractivity contribution in [3.63, 3.8) is 0 Å². The first-order valence-corrected chi connectivity index (χ1v) is 26.2. The average Bonchev–Trinajstić information content (AvgIpc) is 4.14. The highest BCUT2D eigenvalue weighted by Crippen LogP contribution is 2.46. The van der Waals surface area contributed by atoms with Gasteiger partial charge in [0.2, 0.25) is 0 Å². The third-order valence-electron chi connectivity index (χ3n) is 15.6. The fourth-order valence-electron chi connectivity index (χ4n) is 12.4. The fraction of sp³-hybridized carbons (Fsp3) is 0.0571. The van der Waals surface area contributed by atoms with Gasteiger partial charge in [-0.2, -0.15) is 0 Å². The SMILES string of the molecule is C1=CCC(c2cccc(-n3c4ccccc4c4ccccc43)c2-c2cc(-c3c(C4=CCCC=C4)cccc3-n3c4ccccc4c4cc(-n5c6ccccc6c6ccccc65)ccc43)nc(-c3ccccc3)n2)C=C1. The zero-order chi connectivity index (χ0) is 49.4. The molecule has 5 nitrogen and oxygen atoms in total. The van der Waals surface area contributed by atoms with Crippen LogP contribution in [-0.4, -0.2) is 23.7 Å². The molecule has 0 radical (unpaired) electrons. The van der Waals surface area contributed by atoms with Gasteiger partial charge in [0, 0.05) is 60.6 Å². The second-order valence-corrected chi connectivity index (χ2v) is 19.9. The highest BCUT2D eigenvalue weighted by Gasteiger charge is 2.27. The highest BCUT2D eigenvalue weighted by atomic mass is 15.0. The van der Waals surface area contributed by atoms with Gasteiger partial charge in [-0.15, -0.1) is 0 Å². The number of para-hydroxylation sites is 5. The Morgan fingerprint density at radius 2 is 0.933 bits per heavy atom. The van der Waals surface area contributed by atoms with Gasteiger partial charge in [-0.1, -0.05) is 188 Å². The molecule has 4 heterocycles. The molecule has 0 fully saturated rings. The zero-order valence-corrected chi connectivity index (χ0v) is 41.2. The first kappa shape index (κ1) is 43.0. The standard InChI is InChI=1S/C70H49N5/c1-4-22-46(23-5-1)50-33-20-40-66(74-62-37-17-12-30-54(62)55-31-13-18-38-63(55)74)68(50)58-45-59(72-70(71-58)48-26-8-3-9-27-48)69-51(47-24-6-2-7-25-47)34-21-41-67(69)75-64-39-19-14-32-56(64)57-44-49(42-43-65(57)75)73-60-35-15-10-28-52(60)53-29-11-16-36-61(53)73/h1,3-6,8-22,24-46H,2,7,23H2. The molecule has 0 spiro atoms. The summed E-state index contributed by atoms with van der Waals surface area (Å²) in [7, 11) is 0. The number of allylic oxidation sites excluding steroid dienone is 8. The van der Waals surface area contributed by atoms with E-state index in [1.807, 2.05) is 0 Å². The summed E-state index contributed by atoms with van der Waals surface area (Å²) >= 11 is 0. The van der Waals surface area contributed by atoms with Gasteiger partial charge >= 0.3 is 0 Å². The molecule has 0 amide bonds. The molecule has 2 aliphatic rings. The molecule has 15 rings (SSSR count). The van der Waals surface area contributed by atoms with Gasteiger partial charge in [-0.3, -0.25) is 0 Å². The van der Waals surface area contributed by atoms with Gasteiger partial charge in [0.25, 0.3) is 0 Å². The van der Waals surface area contributed by atoms with Crippen molar-refractivity contribution in [3.05, 3.63) is 266 Å². The monoisotopic (exact) mass is 959 g/mol. The zero-order valence-electron chi connectivity index (χ0n) is 41.2. The Kier molecular flexibility index (Phi) is 10.1. The number of hydrogen-bond donors (Lipinski definition) is 0. The summed E-state index contributed by atoms with van der Waals surface area (Å²) in [4.78, 5) is 11.4. The van der Waals surface area contributed by atoms with E-state index in [1.165, 1.54) is 54.5 Å². The van der Waals surface area contributed by atoms with Crippen LogP contribution in [0.1, 0.15) is 36.3 Å². The number of benzene rings is 9. The molecule has 0 saturated carbocycles. The predicted molar refractivity (Wildman–Crippen MR) is 313 cm³/mol. The molecule has 0 saturated heterocycles. The van der Waals surface area contributed by atoms with E-state index in [1.54, 1.807) is 0 Å². The van der Waals surface area contributed by atoms with Gasteiger partial charge < -0.3 is 13.7 Å². The fourth-order valence-corrected chi connectivity index (χ4v) is 12.4. The molecule has 354 valence electrons. The Hall–Kier alpha value is -9.58. The maximum atomic E-state index is 5.71. The molecule has 2 aliphatic carbocycles. The van der Waals surface area contributed by atoms with Gasteiger partial charge in [-0.05, 0) is 103 Å². The van der Waals surface area contributed by atoms with Crippen LogP contribution in [0.25, 0.3) is 122 Å². The normalized spacial score (nSPS) is 14.6. The minimum absolute atomic E-state index is 0.141. The van der Waals surface area contributed by atoms with E-state index in [9.17, 15) is 0 Å². The van der Waals surface area contributed by atoms with Crippen LogP contribution in [0.2, 0.25) is 0 Å². The quantitative estimate of drug-likeness (QED) is 0.152. The largest absolute Gasteiger partial charge is 0.309 e. The van der Waals surface area contributed by atoms with Gasteiger partial charge in [0.05, 0.1) is 55.9 Å². The van der Waals surface area contributed by atoms with Gasteiger partial charge in [0.1, 0.15) is 0 Å². The molecule has 13 aromatic rings. The lowest BCUT2D eigenvalue weighted by Gasteiger charge is -2.23. The first-order valence-electron chi connectivity index (χ1n) is 26.2. The van der Waals surface area contributed by atoms with Gasteiger partial charge in [0.15, 0.2) is 5.82 Å². The maximum absolute atomic E-state index is 5.71. The van der Waals surface area contributed by atoms with Crippen LogP contribution in [0, 0.1) is 0 Å². The van der Waals surface area contributed by atoms with Crippen molar-refractivity contribution in [2.45, 2.75) is 25.2 Å². The summed E-state index contributed by atoms with van der Waals surface area (Å²) in [6.07, 6.45) is 18.9. The molecule has 0 aliphatic heterocycles. The van der Waals surface area contributed by atoms with Crippen molar-refractivity contribution in [2.24, 2.45) is 0 Å². The molecule has 75 heavy (non-hydrogen) atoms. The van der Waals surface area contributed by atoms with Crippen molar-refractivity contribution >= 4 is 71.0 Å². The van der Waals surface area contributed by atoms with E-state index in [0.29, 0.717) is 5.82 Å². The Morgan fingerprint density at radius 3 is 1.52 bits per heavy atom. The minimum Gasteiger partial charge on any atom is -0.309 e.